The molecule has 1 aliphatic rings. The Morgan fingerprint density at radius 2 is 1.72 bits per heavy atom. The maximum absolute atomic E-state index is 12.5. The standard InChI is InChI=1S/C21H26N2O2/c22-21(14-6-7-15-21)20(24)23-18-12-4-5-13-19(18)25-16-8-11-17-9-2-1-3-10-17/h1-5,9-10,12-13H,6-8,11,14-16,22H2,(H,23,24). The summed E-state index contributed by atoms with van der Waals surface area (Å²) in [7, 11) is 0. The van der Waals surface area contributed by atoms with Gasteiger partial charge in [0.15, 0.2) is 0 Å². The van der Waals surface area contributed by atoms with E-state index in [1.54, 1.807) is 0 Å². The summed E-state index contributed by atoms with van der Waals surface area (Å²) in [5.41, 5.74) is 7.50. The Kier molecular flexibility index (Phi) is 5.71. The van der Waals surface area contributed by atoms with Crippen molar-refractivity contribution in [2.24, 2.45) is 5.73 Å². The van der Waals surface area contributed by atoms with E-state index in [0.717, 1.165) is 38.5 Å². The van der Waals surface area contributed by atoms with E-state index in [0.29, 0.717) is 18.0 Å². The first-order valence-corrected chi connectivity index (χ1v) is 9.03. The number of para-hydroxylation sites is 2. The maximum atomic E-state index is 12.5. The Hall–Kier alpha value is -2.33. The average Bonchev–Trinajstić information content (AvgIpc) is 3.09. The third-order valence-electron chi connectivity index (χ3n) is 4.79. The molecule has 0 heterocycles. The molecule has 0 radical (unpaired) electrons. The Labute approximate surface area is 149 Å². The van der Waals surface area contributed by atoms with Crippen LogP contribution >= 0.6 is 0 Å². The molecular weight excluding hydrogens is 312 g/mol. The van der Waals surface area contributed by atoms with Crippen LogP contribution in [-0.4, -0.2) is 18.1 Å². The highest BCUT2D eigenvalue weighted by atomic mass is 16.5. The monoisotopic (exact) mass is 338 g/mol. The van der Waals surface area contributed by atoms with Crippen LogP contribution in [0.15, 0.2) is 54.6 Å². The van der Waals surface area contributed by atoms with Crippen LogP contribution in [0.3, 0.4) is 0 Å². The summed E-state index contributed by atoms with van der Waals surface area (Å²) < 4.78 is 5.90. The van der Waals surface area contributed by atoms with Crippen molar-refractivity contribution in [3.63, 3.8) is 0 Å². The van der Waals surface area contributed by atoms with Crippen LogP contribution in [0.5, 0.6) is 5.75 Å². The number of nitrogens with one attached hydrogen (secondary N) is 1. The maximum Gasteiger partial charge on any atom is 0.244 e. The molecule has 0 aromatic heterocycles. The molecule has 0 atom stereocenters. The molecule has 0 bridgehead atoms. The van der Waals surface area contributed by atoms with Gasteiger partial charge in [0.2, 0.25) is 5.91 Å². The lowest BCUT2D eigenvalue weighted by atomic mass is 9.98. The van der Waals surface area contributed by atoms with Gasteiger partial charge in [-0.2, -0.15) is 0 Å². The van der Waals surface area contributed by atoms with Crippen molar-refractivity contribution in [3.05, 3.63) is 60.2 Å². The molecule has 2 aromatic carbocycles. The normalized spacial score (nSPS) is 15.7. The van der Waals surface area contributed by atoms with Crippen LogP contribution in [0, 0.1) is 0 Å². The van der Waals surface area contributed by atoms with Crippen LogP contribution in [-0.2, 0) is 11.2 Å². The average molecular weight is 338 g/mol. The number of rotatable bonds is 7. The van der Waals surface area contributed by atoms with Crippen molar-refractivity contribution in [1.82, 2.24) is 0 Å². The number of carbonyl (C=O) groups excluding carboxylic acids is 1. The lowest BCUT2D eigenvalue weighted by Gasteiger charge is -2.23. The topological polar surface area (TPSA) is 64.4 Å². The molecule has 25 heavy (non-hydrogen) atoms. The molecule has 132 valence electrons. The van der Waals surface area contributed by atoms with E-state index >= 15 is 0 Å². The van der Waals surface area contributed by atoms with Crippen molar-refractivity contribution in [1.29, 1.82) is 0 Å². The highest BCUT2D eigenvalue weighted by Crippen LogP contribution is 2.30. The van der Waals surface area contributed by atoms with E-state index in [9.17, 15) is 4.79 Å². The van der Waals surface area contributed by atoms with Crippen LogP contribution in [0.25, 0.3) is 0 Å². The molecule has 0 aliphatic heterocycles. The molecule has 0 spiro atoms. The number of ether oxygens (including phenoxy) is 1. The fourth-order valence-corrected chi connectivity index (χ4v) is 3.28. The van der Waals surface area contributed by atoms with Crippen LogP contribution in [0.4, 0.5) is 5.69 Å². The Morgan fingerprint density at radius 3 is 2.48 bits per heavy atom. The van der Waals surface area contributed by atoms with E-state index in [1.807, 2.05) is 42.5 Å². The molecule has 4 nitrogen and oxygen atoms in total. The van der Waals surface area contributed by atoms with Gasteiger partial charge in [-0.3, -0.25) is 4.79 Å². The van der Waals surface area contributed by atoms with Gasteiger partial charge in [0.25, 0.3) is 0 Å². The Morgan fingerprint density at radius 1 is 1.04 bits per heavy atom. The number of hydrogen-bond donors (Lipinski definition) is 2. The zero-order valence-electron chi connectivity index (χ0n) is 14.5. The van der Waals surface area contributed by atoms with Crippen LogP contribution < -0.4 is 15.8 Å². The fourth-order valence-electron chi connectivity index (χ4n) is 3.28. The summed E-state index contributed by atoms with van der Waals surface area (Å²) in [6.07, 6.45) is 5.43. The molecule has 0 unspecified atom stereocenters. The number of anilines is 1. The van der Waals surface area contributed by atoms with E-state index in [1.165, 1.54) is 5.56 Å². The minimum Gasteiger partial charge on any atom is -0.491 e. The minimum absolute atomic E-state index is 0.106. The molecule has 2 aromatic rings. The minimum atomic E-state index is -0.736. The summed E-state index contributed by atoms with van der Waals surface area (Å²) in [5.74, 6) is 0.593. The van der Waals surface area contributed by atoms with Gasteiger partial charge in [0.05, 0.1) is 17.8 Å². The predicted octanol–water partition coefficient (Wildman–Crippen LogP) is 3.91. The second-order valence-electron chi connectivity index (χ2n) is 6.75. The summed E-state index contributed by atoms with van der Waals surface area (Å²) in [6, 6.07) is 17.9. The van der Waals surface area contributed by atoms with E-state index in [2.05, 4.69) is 17.4 Å². The second kappa shape index (κ2) is 8.17. The fraction of sp³-hybridized carbons (Fsp3) is 0.381. The summed E-state index contributed by atoms with van der Waals surface area (Å²) in [6.45, 7) is 0.607. The predicted molar refractivity (Wildman–Crippen MR) is 101 cm³/mol. The first kappa shape index (κ1) is 17.5. The zero-order chi connectivity index (χ0) is 17.5. The third kappa shape index (κ3) is 4.60. The zero-order valence-corrected chi connectivity index (χ0v) is 14.5. The third-order valence-corrected chi connectivity index (χ3v) is 4.79. The smallest absolute Gasteiger partial charge is 0.244 e. The first-order valence-electron chi connectivity index (χ1n) is 9.03. The van der Waals surface area contributed by atoms with Gasteiger partial charge in [-0.25, -0.2) is 0 Å². The lowest BCUT2D eigenvalue weighted by molar-refractivity contribution is -0.121. The quantitative estimate of drug-likeness (QED) is 0.752. The lowest BCUT2D eigenvalue weighted by Crippen LogP contribution is -2.48. The number of benzene rings is 2. The first-order chi connectivity index (χ1) is 12.2. The van der Waals surface area contributed by atoms with Gasteiger partial charge in [-0.15, -0.1) is 0 Å². The highest BCUT2D eigenvalue weighted by molar-refractivity contribution is 5.99. The molecule has 1 saturated carbocycles. The van der Waals surface area contributed by atoms with Crippen molar-refractivity contribution in [2.75, 3.05) is 11.9 Å². The molecule has 1 aliphatic carbocycles. The Balaban J connectivity index is 1.54. The summed E-state index contributed by atoms with van der Waals surface area (Å²) in [5, 5.41) is 2.96. The Bertz CT molecular complexity index is 694. The van der Waals surface area contributed by atoms with E-state index < -0.39 is 5.54 Å². The number of aryl methyl sites for hydroxylation is 1. The molecule has 3 rings (SSSR count). The van der Waals surface area contributed by atoms with Crippen molar-refractivity contribution in [3.8, 4) is 5.75 Å². The summed E-state index contributed by atoms with van der Waals surface area (Å²) in [4.78, 5) is 12.5. The molecule has 3 N–H and O–H groups in total. The number of hydrogen-bond acceptors (Lipinski definition) is 3. The molecule has 4 heteroatoms. The number of amides is 1. The summed E-state index contributed by atoms with van der Waals surface area (Å²) >= 11 is 0. The SMILES string of the molecule is NC1(C(=O)Nc2ccccc2OCCCc2ccccc2)CCCC1. The van der Waals surface area contributed by atoms with Gasteiger partial charge in [0.1, 0.15) is 5.75 Å². The molecule has 0 saturated heterocycles. The number of nitrogens with two attached hydrogens (primary N) is 1. The van der Waals surface area contributed by atoms with Crippen LogP contribution in [0.1, 0.15) is 37.7 Å². The van der Waals surface area contributed by atoms with Gasteiger partial charge in [-0.1, -0.05) is 55.3 Å². The van der Waals surface area contributed by atoms with Crippen LogP contribution in [0.2, 0.25) is 0 Å². The molecule has 1 amide bonds. The van der Waals surface area contributed by atoms with Gasteiger partial charge >= 0.3 is 0 Å². The molecule has 1 fully saturated rings. The van der Waals surface area contributed by atoms with Gasteiger partial charge in [0, 0.05) is 0 Å². The van der Waals surface area contributed by atoms with Crippen molar-refractivity contribution < 1.29 is 9.53 Å². The van der Waals surface area contributed by atoms with Gasteiger partial charge in [-0.05, 0) is 43.4 Å². The van der Waals surface area contributed by atoms with Crippen molar-refractivity contribution >= 4 is 11.6 Å². The molecular formula is C21H26N2O2. The van der Waals surface area contributed by atoms with Gasteiger partial charge < -0.3 is 15.8 Å². The largest absolute Gasteiger partial charge is 0.491 e. The van der Waals surface area contributed by atoms with E-state index in [4.69, 9.17) is 10.5 Å². The number of carbonyl (C=O) groups is 1. The highest BCUT2D eigenvalue weighted by Gasteiger charge is 2.37. The van der Waals surface area contributed by atoms with E-state index in [-0.39, 0.29) is 5.91 Å². The second-order valence-corrected chi connectivity index (χ2v) is 6.75. The van der Waals surface area contributed by atoms with Crippen molar-refractivity contribution in [2.45, 2.75) is 44.1 Å².